The van der Waals surface area contributed by atoms with E-state index < -0.39 is 0 Å². The minimum Gasteiger partial charge on any atom is -0.493 e. The molecule has 0 aliphatic carbocycles. The van der Waals surface area contributed by atoms with Gasteiger partial charge in [0.2, 0.25) is 0 Å². The molecule has 1 aliphatic rings. The Morgan fingerprint density at radius 3 is 2.68 bits per heavy atom. The van der Waals surface area contributed by atoms with Crippen LogP contribution in [0, 0.1) is 0 Å². The lowest BCUT2D eigenvalue weighted by Gasteiger charge is -2.27. The molecule has 25 heavy (non-hydrogen) atoms. The Balaban J connectivity index is 1.52. The number of nitrogens with zero attached hydrogens (tertiary/aromatic N) is 1. The van der Waals surface area contributed by atoms with Crippen molar-refractivity contribution in [2.75, 3.05) is 39.1 Å². The Hall–Kier alpha value is -2.40. The minimum absolute atomic E-state index is 0.240. The van der Waals surface area contributed by atoms with Crippen LogP contribution in [0.25, 0.3) is 0 Å². The quantitative estimate of drug-likeness (QED) is 0.783. The van der Waals surface area contributed by atoms with Crippen molar-refractivity contribution in [1.29, 1.82) is 0 Å². The van der Waals surface area contributed by atoms with Gasteiger partial charge < -0.3 is 19.9 Å². The molecular formula is C20H26N2O3. The van der Waals surface area contributed by atoms with Gasteiger partial charge in [-0.15, -0.1) is 0 Å². The molecule has 2 N–H and O–H groups in total. The number of ether oxygens (including phenoxy) is 3. The molecule has 2 aromatic carbocycles. The van der Waals surface area contributed by atoms with Crippen molar-refractivity contribution >= 4 is 5.69 Å². The third-order valence-electron chi connectivity index (χ3n) is 4.48. The standard InChI is InChI=1S/C20H26N2O3/c1-20(25-18-9-8-16(21)14-19(18)23-2)10-11-22(15-20)12-13-24-17-6-4-3-5-7-17/h3-9,14H,10-13,15,21H2,1-2H3. The number of likely N-dealkylation sites (tertiary alicyclic amines) is 1. The second-order valence-electron chi connectivity index (χ2n) is 6.65. The molecule has 1 aliphatic heterocycles. The molecule has 5 nitrogen and oxygen atoms in total. The summed E-state index contributed by atoms with van der Waals surface area (Å²) < 4.78 is 17.4. The second-order valence-corrected chi connectivity index (χ2v) is 6.65. The Morgan fingerprint density at radius 1 is 1.12 bits per heavy atom. The number of rotatable bonds is 7. The molecule has 1 unspecified atom stereocenters. The molecule has 0 aromatic heterocycles. The molecule has 2 aromatic rings. The third-order valence-corrected chi connectivity index (χ3v) is 4.48. The largest absolute Gasteiger partial charge is 0.493 e. The predicted molar refractivity (Wildman–Crippen MR) is 99.4 cm³/mol. The van der Waals surface area contributed by atoms with Gasteiger partial charge in [0.25, 0.3) is 0 Å². The fraction of sp³-hybridized carbons (Fsp3) is 0.400. The fourth-order valence-electron chi connectivity index (χ4n) is 3.14. The third kappa shape index (κ3) is 4.57. The van der Waals surface area contributed by atoms with Crippen LogP contribution in [-0.4, -0.2) is 43.9 Å². The van der Waals surface area contributed by atoms with Crippen LogP contribution in [0.1, 0.15) is 13.3 Å². The van der Waals surface area contributed by atoms with E-state index in [1.807, 2.05) is 42.5 Å². The molecule has 0 amide bonds. The predicted octanol–water partition coefficient (Wildman–Crippen LogP) is 3.20. The summed E-state index contributed by atoms with van der Waals surface area (Å²) in [5.41, 5.74) is 6.24. The number of para-hydroxylation sites is 1. The smallest absolute Gasteiger partial charge is 0.162 e. The van der Waals surface area contributed by atoms with Crippen LogP contribution in [0.5, 0.6) is 17.2 Å². The first-order valence-electron chi connectivity index (χ1n) is 8.61. The van der Waals surface area contributed by atoms with Crippen molar-refractivity contribution in [2.45, 2.75) is 18.9 Å². The van der Waals surface area contributed by atoms with Crippen molar-refractivity contribution in [2.24, 2.45) is 0 Å². The highest BCUT2D eigenvalue weighted by atomic mass is 16.5. The van der Waals surface area contributed by atoms with E-state index in [1.165, 1.54) is 0 Å². The van der Waals surface area contributed by atoms with Gasteiger partial charge in [0, 0.05) is 37.8 Å². The van der Waals surface area contributed by atoms with Gasteiger partial charge in [-0.2, -0.15) is 0 Å². The number of nitrogens with two attached hydrogens (primary N) is 1. The van der Waals surface area contributed by atoms with Gasteiger partial charge in [-0.1, -0.05) is 18.2 Å². The van der Waals surface area contributed by atoms with E-state index >= 15 is 0 Å². The summed E-state index contributed by atoms with van der Waals surface area (Å²) in [6.07, 6.45) is 0.964. The second kappa shape index (κ2) is 7.66. The van der Waals surface area contributed by atoms with E-state index in [-0.39, 0.29) is 5.60 Å². The van der Waals surface area contributed by atoms with E-state index in [4.69, 9.17) is 19.9 Å². The fourth-order valence-corrected chi connectivity index (χ4v) is 3.14. The molecule has 1 saturated heterocycles. The first-order valence-corrected chi connectivity index (χ1v) is 8.61. The number of benzene rings is 2. The Bertz CT molecular complexity index is 693. The molecule has 1 atom stereocenters. The van der Waals surface area contributed by atoms with Crippen LogP contribution in [0.15, 0.2) is 48.5 Å². The Kier molecular flexibility index (Phi) is 5.34. The lowest BCUT2D eigenvalue weighted by atomic mass is 10.1. The highest BCUT2D eigenvalue weighted by Crippen LogP contribution is 2.35. The topological polar surface area (TPSA) is 57.0 Å². The van der Waals surface area contributed by atoms with E-state index in [1.54, 1.807) is 13.2 Å². The Labute approximate surface area is 149 Å². The summed E-state index contributed by atoms with van der Waals surface area (Å²) in [6.45, 7) is 5.55. The summed E-state index contributed by atoms with van der Waals surface area (Å²) in [5, 5.41) is 0. The molecule has 0 spiro atoms. The van der Waals surface area contributed by atoms with E-state index in [2.05, 4.69) is 11.8 Å². The molecule has 0 radical (unpaired) electrons. The summed E-state index contributed by atoms with van der Waals surface area (Å²) in [7, 11) is 1.63. The summed E-state index contributed by atoms with van der Waals surface area (Å²) in [5.74, 6) is 2.32. The van der Waals surface area contributed by atoms with E-state index in [9.17, 15) is 0 Å². The molecule has 5 heteroatoms. The average Bonchev–Trinajstić information content (AvgIpc) is 2.98. The molecule has 134 valence electrons. The molecular weight excluding hydrogens is 316 g/mol. The SMILES string of the molecule is COc1cc(N)ccc1OC1(C)CCN(CCOc2ccccc2)C1. The van der Waals surface area contributed by atoms with Gasteiger partial charge in [0.15, 0.2) is 11.5 Å². The molecule has 1 fully saturated rings. The highest BCUT2D eigenvalue weighted by molar-refractivity contribution is 5.52. The zero-order chi connectivity index (χ0) is 17.7. The lowest BCUT2D eigenvalue weighted by Crippen LogP contribution is -2.37. The Morgan fingerprint density at radius 2 is 1.92 bits per heavy atom. The maximum absolute atomic E-state index is 6.27. The highest BCUT2D eigenvalue weighted by Gasteiger charge is 2.36. The van der Waals surface area contributed by atoms with Gasteiger partial charge in [-0.25, -0.2) is 0 Å². The van der Waals surface area contributed by atoms with E-state index in [0.29, 0.717) is 18.0 Å². The minimum atomic E-state index is -0.240. The van der Waals surface area contributed by atoms with Crippen molar-refractivity contribution in [1.82, 2.24) is 4.90 Å². The van der Waals surface area contributed by atoms with Crippen LogP contribution >= 0.6 is 0 Å². The summed E-state index contributed by atoms with van der Waals surface area (Å²) >= 11 is 0. The van der Waals surface area contributed by atoms with Crippen molar-refractivity contribution in [3.05, 3.63) is 48.5 Å². The maximum Gasteiger partial charge on any atom is 0.162 e. The lowest BCUT2D eigenvalue weighted by molar-refractivity contribution is 0.0898. The monoisotopic (exact) mass is 342 g/mol. The van der Waals surface area contributed by atoms with Crippen LogP contribution < -0.4 is 19.9 Å². The first kappa shape index (κ1) is 17.4. The molecule has 1 heterocycles. The summed E-state index contributed by atoms with van der Waals surface area (Å²) in [6, 6.07) is 15.4. The normalized spacial score (nSPS) is 20.4. The molecule has 0 bridgehead atoms. The number of nitrogen functional groups attached to an aromatic ring is 1. The van der Waals surface area contributed by atoms with Gasteiger partial charge >= 0.3 is 0 Å². The molecule has 3 rings (SSSR count). The van der Waals surface area contributed by atoms with Gasteiger partial charge in [-0.3, -0.25) is 4.90 Å². The van der Waals surface area contributed by atoms with Gasteiger partial charge in [0.05, 0.1) is 7.11 Å². The first-order chi connectivity index (χ1) is 12.1. The van der Waals surface area contributed by atoms with Crippen LogP contribution in [-0.2, 0) is 0 Å². The maximum atomic E-state index is 6.27. The van der Waals surface area contributed by atoms with Crippen LogP contribution in [0.4, 0.5) is 5.69 Å². The molecule has 0 saturated carbocycles. The van der Waals surface area contributed by atoms with E-state index in [0.717, 1.165) is 37.6 Å². The van der Waals surface area contributed by atoms with Crippen molar-refractivity contribution in [3.8, 4) is 17.2 Å². The average molecular weight is 342 g/mol. The van der Waals surface area contributed by atoms with Crippen molar-refractivity contribution < 1.29 is 14.2 Å². The van der Waals surface area contributed by atoms with Gasteiger partial charge in [-0.05, 0) is 31.2 Å². The number of hydrogen-bond donors (Lipinski definition) is 1. The van der Waals surface area contributed by atoms with Crippen LogP contribution in [0.3, 0.4) is 0 Å². The number of hydrogen-bond acceptors (Lipinski definition) is 5. The van der Waals surface area contributed by atoms with Crippen LogP contribution in [0.2, 0.25) is 0 Å². The number of anilines is 1. The van der Waals surface area contributed by atoms with Gasteiger partial charge in [0.1, 0.15) is 18.0 Å². The summed E-state index contributed by atoms with van der Waals surface area (Å²) in [4.78, 5) is 2.37. The zero-order valence-electron chi connectivity index (χ0n) is 14.9. The van der Waals surface area contributed by atoms with Crippen molar-refractivity contribution in [3.63, 3.8) is 0 Å². The zero-order valence-corrected chi connectivity index (χ0v) is 14.9. The number of methoxy groups -OCH3 is 1.